The Hall–Kier alpha value is -0.670. The Morgan fingerprint density at radius 3 is 2.48 bits per heavy atom. The number of carbonyl (C=O) groups is 1. The summed E-state index contributed by atoms with van der Waals surface area (Å²) in [7, 11) is 0. The highest BCUT2D eigenvalue weighted by Crippen LogP contribution is 2.39. The monoisotopic (exact) mass is 291 g/mol. The van der Waals surface area contributed by atoms with Gasteiger partial charge in [0.05, 0.1) is 18.8 Å². The van der Waals surface area contributed by atoms with Gasteiger partial charge in [-0.2, -0.15) is 0 Å². The summed E-state index contributed by atoms with van der Waals surface area (Å²) in [6.45, 7) is 3.43. The van der Waals surface area contributed by atoms with Crippen LogP contribution in [0.2, 0.25) is 0 Å². The first-order chi connectivity index (χ1) is 10.3. The number of morpholine rings is 1. The van der Waals surface area contributed by atoms with Crippen molar-refractivity contribution in [3.63, 3.8) is 0 Å². The molecule has 0 aromatic heterocycles. The molecule has 3 aliphatic rings. The number of allylic oxidation sites excluding steroid dienone is 1. The predicted molar refractivity (Wildman–Crippen MR) is 84.4 cm³/mol. The highest BCUT2D eigenvalue weighted by atomic mass is 16.5. The molecule has 1 aliphatic heterocycles. The molecule has 0 radical (unpaired) electrons. The van der Waals surface area contributed by atoms with Gasteiger partial charge in [0.25, 0.3) is 0 Å². The van der Waals surface area contributed by atoms with E-state index in [4.69, 9.17) is 4.74 Å². The molecule has 118 valence electrons. The van der Waals surface area contributed by atoms with Crippen molar-refractivity contribution >= 4 is 5.78 Å². The fourth-order valence-electron chi connectivity index (χ4n) is 4.33. The van der Waals surface area contributed by atoms with Crippen LogP contribution in [0.3, 0.4) is 0 Å². The molecule has 1 heterocycles. The molecule has 0 amide bonds. The maximum atomic E-state index is 13.3. The third-order valence-electron chi connectivity index (χ3n) is 5.55. The van der Waals surface area contributed by atoms with Gasteiger partial charge in [-0.25, -0.2) is 0 Å². The summed E-state index contributed by atoms with van der Waals surface area (Å²) in [5.74, 6) is 0.462. The van der Waals surface area contributed by atoms with Crippen LogP contribution in [0.5, 0.6) is 0 Å². The first-order valence-electron chi connectivity index (χ1n) is 8.90. The van der Waals surface area contributed by atoms with Crippen LogP contribution >= 0.6 is 0 Å². The van der Waals surface area contributed by atoms with Gasteiger partial charge in [-0.15, -0.1) is 0 Å². The van der Waals surface area contributed by atoms with Crippen molar-refractivity contribution in [3.8, 4) is 0 Å². The molecule has 1 saturated heterocycles. The van der Waals surface area contributed by atoms with Crippen molar-refractivity contribution in [2.45, 2.75) is 69.7 Å². The van der Waals surface area contributed by atoms with Crippen LogP contribution in [0.15, 0.2) is 11.6 Å². The van der Waals surface area contributed by atoms with Crippen LogP contribution in [0.25, 0.3) is 0 Å². The lowest BCUT2D eigenvalue weighted by Gasteiger charge is -2.42. The summed E-state index contributed by atoms with van der Waals surface area (Å²) in [6.07, 6.45) is 14.0. The van der Waals surface area contributed by atoms with Crippen molar-refractivity contribution in [1.29, 1.82) is 0 Å². The zero-order valence-corrected chi connectivity index (χ0v) is 13.2. The Kier molecular flexibility index (Phi) is 5.12. The summed E-state index contributed by atoms with van der Waals surface area (Å²) < 4.78 is 5.50. The molecule has 3 heteroatoms. The fraction of sp³-hybridized carbons (Fsp3) is 0.833. The maximum absolute atomic E-state index is 13.3. The summed E-state index contributed by atoms with van der Waals surface area (Å²) in [5, 5.41) is 0. The Morgan fingerprint density at radius 2 is 1.71 bits per heavy atom. The molecule has 0 N–H and O–H groups in total. The van der Waals surface area contributed by atoms with E-state index in [9.17, 15) is 4.79 Å². The summed E-state index contributed by atoms with van der Waals surface area (Å²) in [6, 6.07) is 0. The molecule has 3 rings (SSSR count). The molecule has 1 saturated carbocycles. The molecule has 0 spiro atoms. The van der Waals surface area contributed by atoms with E-state index in [-0.39, 0.29) is 5.54 Å². The lowest BCUT2D eigenvalue weighted by Crippen LogP contribution is -2.57. The molecule has 2 aliphatic carbocycles. The number of nitrogens with zero attached hydrogens (tertiary/aromatic N) is 1. The minimum atomic E-state index is -0.186. The summed E-state index contributed by atoms with van der Waals surface area (Å²) >= 11 is 0. The van der Waals surface area contributed by atoms with Gasteiger partial charge in [0.2, 0.25) is 0 Å². The Balaban J connectivity index is 1.80. The van der Waals surface area contributed by atoms with Gasteiger partial charge in [-0.05, 0) is 44.1 Å². The van der Waals surface area contributed by atoms with Gasteiger partial charge >= 0.3 is 0 Å². The zero-order valence-electron chi connectivity index (χ0n) is 13.2. The number of ether oxygens (including phenoxy) is 1. The molecule has 2 fully saturated rings. The maximum Gasteiger partial charge on any atom is 0.178 e. The Bertz CT molecular complexity index is 390. The van der Waals surface area contributed by atoms with Crippen molar-refractivity contribution in [2.75, 3.05) is 26.3 Å². The summed E-state index contributed by atoms with van der Waals surface area (Å²) in [5.41, 5.74) is 0.956. The lowest BCUT2D eigenvalue weighted by molar-refractivity contribution is -0.130. The second-order valence-electron chi connectivity index (χ2n) is 6.85. The standard InChI is InChI=1S/C18H29NO2/c20-17(16-8-4-2-1-3-5-9-16)18(10-6-7-11-18)19-12-14-21-15-13-19/h8H,1-7,9-15H2. The fourth-order valence-corrected chi connectivity index (χ4v) is 4.33. The van der Waals surface area contributed by atoms with Crippen LogP contribution in [-0.2, 0) is 9.53 Å². The molecular formula is C18H29NO2. The Labute approximate surface area is 128 Å². The molecule has 0 bridgehead atoms. The first-order valence-corrected chi connectivity index (χ1v) is 8.90. The molecule has 21 heavy (non-hydrogen) atoms. The average Bonchev–Trinajstić information content (AvgIpc) is 2.98. The number of hydrogen-bond acceptors (Lipinski definition) is 3. The molecule has 0 atom stereocenters. The van der Waals surface area contributed by atoms with E-state index in [1.807, 2.05) is 0 Å². The van der Waals surface area contributed by atoms with E-state index in [0.29, 0.717) is 5.78 Å². The average molecular weight is 291 g/mol. The van der Waals surface area contributed by atoms with E-state index in [2.05, 4.69) is 11.0 Å². The van der Waals surface area contributed by atoms with E-state index in [1.54, 1.807) is 0 Å². The van der Waals surface area contributed by atoms with E-state index in [0.717, 1.165) is 57.6 Å². The van der Waals surface area contributed by atoms with E-state index >= 15 is 0 Å². The van der Waals surface area contributed by atoms with Crippen molar-refractivity contribution in [2.24, 2.45) is 0 Å². The summed E-state index contributed by atoms with van der Waals surface area (Å²) in [4.78, 5) is 15.8. The molecule has 3 nitrogen and oxygen atoms in total. The second kappa shape index (κ2) is 7.06. The largest absolute Gasteiger partial charge is 0.379 e. The van der Waals surface area contributed by atoms with Crippen LogP contribution in [0.1, 0.15) is 64.2 Å². The topological polar surface area (TPSA) is 29.5 Å². The van der Waals surface area contributed by atoms with Crippen molar-refractivity contribution in [1.82, 2.24) is 4.90 Å². The van der Waals surface area contributed by atoms with Crippen LogP contribution in [0, 0.1) is 0 Å². The predicted octanol–water partition coefficient (Wildman–Crippen LogP) is 3.48. The molecule has 0 aromatic carbocycles. The molecular weight excluding hydrogens is 262 g/mol. The highest BCUT2D eigenvalue weighted by Gasteiger charge is 2.46. The molecule has 0 unspecified atom stereocenters. The van der Waals surface area contributed by atoms with Crippen molar-refractivity contribution in [3.05, 3.63) is 11.6 Å². The smallest absolute Gasteiger partial charge is 0.178 e. The number of rotatable bonds is 3. The highest BCUT2D eigenvalue weighted by molar-refractivity contribution is 6.02. The number of hydrogen-bond donors (Lipinski definition) is 0. The zero-order chi connectivity index (χ0) is 14.5. The van der Waals surface area contributed by atoms with Gasteiger partial charge < -0.3 is 4.74 Å². The van der Waals surface area contributed by atoms with Gasteiger partial charge in [-0.3, -0.25) is 9.69 Å². The van der Waals surface area contributed by atoms with Gasteiger partial charge in [0.1, 0.15) is 0 Å². The number of ketones is 1. The van der Waals surface area contributed by atoms with Crippen LogP contribution in [0.4, 0.5) is 0 Å². The van der Waals surface area contributed by atoms with E-state index in [1.165, 1.54) is 38.5 Å². The minimum Gasteiger partial charge on any atom is -0.379 e. The lowest BCUT2D eigenvalue weighted by atomic mass is 9.82. The quantitative estimate of drug-likeness (QED) is 0.797. The van der Waals surface area contributed by atoms with Crippen LogP contribution in [-0.4, -0.2) is 42.5 Å². The van der Waals surface area contributed by atoms with Gasteiger partial charge in [0, 0.05) is 13.1 Å². The minimum absolute atomic E-state index is 0.186. The number of carbonyl (C=O) groups excluding carboxylic acids is 1. The SMILES string of the molecule is O=C(C1=CCCCCCC1)C1(N2CCOCC2)CCCC1. The Morgan fingerprint density at radius 1 is 1.00 bits per heavy atom. The third-order valence-corrected chi connectivity index (χ3v) is 5.55. The van der Waals surface area contributed by atoms with Gasteiger partial charge in [-0.1, -0.05) is 31.8 Å². The normalized spacial score (nSPS) is 27.7. The van der Waals surface area contributed by atoms with E-state index < -0.39 is 0 Å². The van der Waals surface area contributed by atoms with Gasteiger partial charge in [0.15, 0.2) is 5.78 Å². The molecule has 0 aromatic rings. The number of Topliss-reactive ketones (excluding diaryl/α,β-unsaturated/α-hetero) is 1. The van der Waals surface area contributed by atoms with Crippen LogP contribution < -0.4 is 0 Å². The third kappa shape index (κ3) is 3.24. The first kappa shape index (κ1) is 15.2. The van der Waals surface area contributed by atoms with Crippen molar-refractivity contribution < 1.29 is 9.53 Å². The second-order valence-corrected chi connectivity index (χ2v) is 6.85.